The van der Waals surface area contributed by atoms with E-state index in [1.165, 1.54) is 20.3 Å². The van der Waals surface area contributed by atoms with Gasteiger partial charge in [0.05, 0.1) is 30.9 Å². The number of nitrogens with zero attached hydrogens (tertiary/aromatic N) is 6. The molecule has 0 radical (unpaired) electrons. The number of carbonyl (C=O) groups excluding carboxylic acids is 1. The lowest BCUT2D eigenvalue weighted by Crippen LogP contribution is -2.14. The van der Waals surface area contributed by atoms with E-state index in [-0.39, 0.29) is 17.1 Å². The van der Waals surface area contributed by atoms with E-state index in [0.29, 0.717) is 28.5 Å². The number of nitro benzene ring substituents is 1. The third-order valence-corrected chi connectivity index (χ3v) is 5.54. The van der Waals surface area contributed by atoms with Crippen molar-refractivity contribution >= 4 is 22.9 Å². The molecule has 1 N–H and O–H groups in total. The maximum atomic E-state index is 12.9. The van der Waals surface area contributed by atoms with Crippen LogP contribution in [0.1, 0.15) is 10.4 Å². The third kappa shape index (κ3) is 4.50. The van der Waals surface area contributed by atoms with Gasteiger partial charge in [0.2, 0.25) is 5.82 Å². The number of nitro groups is 1. The molecule has 184 valence electrons. The molecular weight excluding hydrogens is 478 g/mol. The van der Waals surface area contributed by atoms with Crippen molar-refractivity contribution < 1.29 is 19.2 Å². The minimum absolute atomic E-state index is 0.152. The quantitative estimate of drug-likeness (QED) is 0.260. The first-order chi connectivity index (χ1) is 18.0. The Morgan fingerprint density at radius 2 is 1.70 bits per heavy atom. The van der Waals surface area contributed by atoms with Crippen molar-refractivity contribution in [2.45, 2.75) is 0 Å². The van der Waals surface area contributed by atoms with Gasteiger partial charge in [0, 0.05) is 23.5 Å². The van der Waals surface area contributed by atoms with E-state index >= 15 is 0 Å². The van der Waals surface area contributed by atoms with Crippen LogP contribution < -0.4 is 14.8 Å². The lowest BCUT2D eigenvalue weighted by Gasteiger charge is -2.11. The van der Waals surface area contributed by atoms with Crippen LogP contribution in [0.25, 0.3) is 28.4 Å². The smallest absolute Gasteiger partial charge is 0.286 e. The Morgan fingerprint density at radius 1 is 0.946 bits per heavy atom. The number of benzene rings is 2. The Bertz CT molecular complexity index is 1620. The molecule has 12 nitrogen and oxygen atoms in total. The molecule has 0 aliphatic carbocycles. The van der Waals surface area contributed by atoms with Gasteiger partial charge in [0.25, 0.3) is 11.6 Å². The number of fused-ring (bicyclic) bond motifs is 1. The Balaban J connectivity index is 1.41. The van der Waals surface area contributed by atoms with Gasteiger partial charge in [-0.25, -0.2) is 0 Å². The fraction of sp³-hybridized carbons (Fsp3) is 0.0800. The number of carbonyl (C=O) groups is 1. The highest BCUT2D eigenvalue weighted by molar-refractivity contribution is 6.07. The lowest BCUT2D eigenvalue weighted by atomic mass is 10.1. The minimum Gasteiger partial charge on any atom is -0.493 e. The molecule has 0 aliphatic heterocycles. The molecule has 1 amide bonds. The number of aromatic nitrogens is 5. The zero-order valence-corrected chi connectivity index (χ0v) is 19.7. The summed E-state index contributed by atoms with van der Waals surface area (Å²) in [6, 6.07) is 18.4. The van der Waals surface area contributed by atoms with E-state index < -0.39 is 16.5 Å². The van der Waals surface area contributed by atoms with Crippen molar-refractivity contribution in [3.8, 4) is 34.3 Å². The van der Waals surface area contributed by atoms with E-state index in [4.69, 9.17) is 9.47 Å². The van der Waals surface area contributed by atoms with Crippen LogP contribution in [0.2, 0.25) is 0 Å². The Labute approximate surface area is 209 Å². The first kappa shape index (κ1) is 23.4. The van der Waals surface area contributed by atoms with Crippen LogP contribution in [-0.4, -0.2) is 49.8 Å². The van der Waals surface area contributed by atoms with Crippen molar-refractivity contribution in [3.05, 3.63) is 88.6 Å². The summed E-state index contributed by atoms with van der Waals surface area (Å²) in [4.78, 5) is 28.1. The number of methoxy groups -OCH3 is 2. The minimum atomic E-state index is -0.663. The summed E-state index contributed by atoms with van der Waals surface area (Å²) in [7, 11) is 2.74. The van der Waals surface area contributed by atoms with Crippen LogP contribution in [0, 0.1) is 10.1 Å². The highest BCUT2D eigenvalue weighted by Gasteiger charge is 2.24. The molecular formula is C25H19N7O5. The van der Waals surface area contributed by atoms with Crippen LogP contribution in [0.4, 0.5) is 11.4 Å². The zero-order chi connectivity index (χ0) is 25.9. The van der Waals surface area contributed by atoms with Gasteiger partial charge in [-0.1, -0.05) is 18.2 Å². The van der Waals surface area contributed by atoms with Gasteiger partial charge in [0.1, 0.15) is 11.3 Å². The van der Waals surface area contributed by atoms with E-state index in [2.05, 4.69) is 25.6 Å². The molecule has 0 aliphatic rings. The number of nitrogens with one attached hydrogen (secondary N) is 1. The van der Waals surface area contributed by atoms with Gasteiger partial charge in [-0.2, -0.15) is 9.61 Å². The average molecular weight is 497 g/mol. The molecule has 0 atom stereocenters. The van der Waals surface area contributed by atoms with Gasteiger partial charge in [-0.05, 0) is 36.4 Å². The predicted octanol–water partition coefficient (Wildman–Crippen LogP) is 4.03. The maximum Gasteiger partial charge on any atom is 0.286 e. The lowest BCUT2D eigenvalue weighted by molar-refractivity contribution is -0.385. The van der Waals surface area contributed by atoms with E-state index in [9.17, 15) is 14.9 Å². The van der Waals surface area contributed by atoms with Crippen LogP contribution in [0.5, 0.6) is 11.5 Å². The van der Waals surface area contributed by atoms with Gasteiger partial charge < -0.3 is 14.8 Å². The second-order valence-electron chi connectivity index (χ2n) is 7.74. The van der Waals surface area contributed by atoms with E-state index in [0.717, 1.165) is 11.6 Å². The molecule has 0 fully saturated rings. The van der Waals surface area contributed by atoms with Crippen LogP contribution in [0.3, 0.4) is 0 Å². The standard InChI is InChI=1S/C25H19N7O5/c1-36-21-13-17(20(32(34)35)14-22(21)37-2)25(33)27-16-8-6-15(7-9-16)18-10-11-23-28-29-24(31(23)30-18)19-5-3-4-12-26-19/h3-14H,1-2H3,(H,27,33). The Hall–Kier alpha value is -5.39. The average Bonchev–Trinajstić information content (AvgIpc) is 3.36. The van der Waals surface area contributed by atoms with Gasteiger partial charge in [0.15, 0.2) is 17.1 Å². The molecule has 0 unspecified atom stereocenters. The van der Waals surface area contributed by atoms with Crippen LogP contribution in [-0.2, 0) is 0 Å². The molecule has 5 rings (SSSR count). The summed E-state index contributed by atoms with van der Waals surface area (Å²) >= 11 is 0. The van der Waals surface area contributed by atoms with E-state index in [1.807, 2.05) is 24.3 Å². The first-order valence-electron chi connectivity index (χ1n) is 10.9. The SMILES string of the molecule is COc1cc(C(=O)Nc2ccc(-c3ccc4nnc(-c5ccccn5)n4n3)cc2)c([N+](=O)[O-])cc1OC. The molecule has 0 spiro atoms. The van der Waals surface area contributed by atoms with Crippen molar-refractivity contribution in [2.75, 3.05) is 19.5 Å². The Kier molecular flexibility index (Phi) is 6.12. The third-order valence-electron chi connectivity index (χ3n) is 5.54. The number of anilines is 1. The molecule has 0 saturated carbocycles. The summed E-state index contributed by atoms with van der Waals surface area (Å²) in [5, 5.41) is 27.2. The van der Waals surface area contributed by atoms with Crippen molar-refractivity contribution in [1.82, 2.24) is 24.8 Å². The zero-order valence-electron chi connectivity index (χ0n) is 19.7. The van der Waals surface area contributed by atoms with Gasteiger partial charge in [-0.15, -0.1) is 10.2 Å². The van der Waals surface area contributed by atoms with E-state index in [1.54, 1.807) is 41.0 Å². The molecule has 3 heterocycles. The molecule has 5 aromatic rings. The second-order valence-corrected chi connectivity index (χ2v) is 7.74. The molecule has 37 heavy (non-hydrogen) atoms. The molecule has 3 aromatic heterocycles. The summed E-state index contributed by atoms with van der Waals surface area (Å²) in [5.41, 5.74) is 2.52. The van der Waals surface area contributed by atoms with Crippen LogP contribution >= 0.6 is 0 Å². The molecule has 2 aromatic carbocycles. The summed E-state index contributed by atoms with van der Waals surface area (Å²) in [6.45, 7) is 0. The number of hydrogen-bond donors (Lipinski definition) is 1. The Morgan fingerprint density at radius 3 is 2.38 bits per heavy atom. The molecule has 0 saturated heterocycles. The molecule has 0 bridgehead atoms. The molecule has 12 heteroatoms. The highest BCUT2D eigenvalue weighted by atomic mass is 16.6. The maximum absolute atomic E-state index is 12.9. The summed E-state index contributed by atoms with van der Waals surface area (Å²) in [6.07, 6.45) is 1.67. The largest absolute Gasteiger partial charge is 0.493 e. The predicted molar refractivity (Wildman–Crippen MR) is 134 cm³/mol. The fourth-order valence-corrected chi connectivity index (χ4v) is 3.72. The fourth-order valence-electron chi connectivity index (χ4n) is 3.72. The van der Waals surface area contributed by atoms with Crippen molar-refractivity contribution in [2.24, 2.45) is 0 Å². The number of pyridine rings is 1. The normalized spacial score (nSPS) is 10.8. The topological polar surface area (TPSA) is 147 Å². The number of ether oxygens (including phenoxy) is 2. The van der Waals surface area contributed by atoms with Crippen molar-refractivity contribution in [1.29, 1.82) is 0 Å². The number of rotatable bonds is 7. The van der Waals surface area contributed by atoms with Crippen LogP contribution in [0.15, 0.2) is 72.9 Å². The second kappa shape index (κ2) is 9.70. The number of hydrogen-bond acceptors (Lipinski definition) is 9. The van der Waals surface area contributed by atoms with Crippen molar-refractivity contribution in [3.63, 3.8) is 0 Å². The van der Waals surface area contributed by atoms with Gasteiger partial charge >= 0.3 is 0 Å². The number of amides is 1. The highest BCUT2D eigenvalue weighted by Crippen LogP contribution is 2.35. The summed E-state index contributed by atoms with van der Waals surface area (Å²) < 4.78 is 11.9. The summed E-state index contributed by atoms with van der Waals surface area (Å²) in [5.74, 6) is 0.204. The van der Waals surface area contributed by atoms with Gasteiger partial charge in [-0.3, -0.25) is 19.9 Å². The monoisotopic (exact) mass is 497 g/mol. The first-order valence-corrected chi connectivity index (χ1v) is 10.9.